The first-order valence-electron chi connectivity index (χ1n) is 7.22. The van der Waals surface area contributed by atoms with E-state index in [9.17, 15) is 4.79 Å². The van der Waals surface area contributed by atoms with Crippen molar-refractivity contribution >= 4 is 21.8 Å². The summed E-state index contributed by atoms with van der Waals surface area (Å²) in [6, 6.07) is 5.79. The molecule has 1 N–H and O–H groups in total. The van der Waals surface area contributed by atoms with Gasteiger partial charge in [0, 0.05) is 12.6 Å². The molecule has 1 fully saturated rings. The summed E-state index contributed by atoms with van der Waals surface area (Å²) in [6.45, 7) is 7.41. The summed E-state index contributed by atoms with van der Waals surface area (Å²) in [5, 5.41) is 3.02. The first-order valence-corrected chi connectivity index (χ1v) is 8.02. The van der Waals surface area contributed by atoms with Crippen LogP contribution in [0, 0.1) is 5.92 Å². The molecular weight excluding hydrogens is 318 g/mol. The van der Waals surface area contributed by atoms with E-state index in [2.05, 4.69) is 45.0 Å². The third-order valence-electron chi connectivity index (χ3n) is 3.80. The average molecular weight is 340 g/mol. The van der Waals surface area contributed by atoms with Crippen LogP contribution in [0.5, 0.6) is 0 Å². The summed E-state index contributed by atoms with van der Waals surface area (Å²) >= 11 is 3.29. The van der Waals surface area contributed by atoms with E-state index in [4.69, 9.17) is 0 Å². The van der Waals surface area contributed by atoms with Crippen LogP contribution in [0.2, 0.25) is 0 Å². The molecule has 4 nitrogen and oxygen atoms in total. The molecule has 20 heavy (non-hydrogen) atoms. The minimum atomic E-state index is -0.101. The van der Waals surface area contributed by atoms with Crippen LogP contribution in [-0.2, 0) is 0 Å². The minimum absolute atomic E-state index is 0.101. The Balaban J connectivity index is 1.93. The summed E-state index contributed by atoms with van der Waals surface area (Å²) in [5.41, 5.74) is 0.461. The van der Waals surface area contributed by atoms with Gasteiger partial charge in [0.05, 0.1) is 0 Å². The minimum Gasteiger partial charge on any atom is -0.349 e. The number of amides is 1. The van der Waals surface area contributed by atoms with Crippen LogP contribution in [-0.4, -0.2) is 41.5 Å². The zero-order chi connectivity index (χ0) is 14.5. The SMILES string of the molecule is CC(C)C(CNC(=O)c1cccc(Br)n1)N1CCCC1. The van der Waals surface area contributed by atoms with Crippen LogP contribution in [0.4, 0.5) is 0 Å². The Morgan fingerprint density at radius 3 is 2.70 bits per heavy atom. The maximum Gasteiger partial charge on any atom is 0.269 e. The zero-order valence-corrected chi connectivity index (χ0v) is 13.7. The molecule has 0 spiro atoms. The van der Waals surface area contributed by atoms with Gasteiger partial charge in [-0.2, -0.15) is 0 Å². The molecule has 1 atom stereocenters. The number of halogens is 1. The molecule has 1 aliphatic heterocycles. The van der Waals surface area contributed by atoms with E-state index in [-0.39, 0.29) is 5.91 Å². The van der Waals surface area contributed by atoms with Crippen molar-refractivity contribution in [2.45, 2.75) is 32.7 Å². The number of hydrogen-bond donors (Lipinski definition) is 1. The van der Waals surface area contributed by atoms with Gasteiger partial charge >= 0.3 is 0 Å². The van der Waals surface area contributed by atoms with Gasteiger partial charge in [0.1, 0.15) is 10.3 Å². The van der Waals surface area contributed by atoms with Gasteiger partial charge in [-0.15, -0.1) is 0 Å². The Labute approximate surface area is 129 Å². The molecule has 2 heterocycles. The van der Waals surface area contributed by atoms with E-state index >= 15 is 0 Å². The largest absolute Gasteiger partial charge is 0.349 e. The van der Waals surface area contributed by atoms with Crippen LogP contribution in [0.15, 0.2) is 22.8 Å². The van der Waals surface area contributed by atoms with Gasteiger partial charge in [0.15, 0.2) is 0 Å². The molecule has 1 aromatic rings. The Bertz CT molecular complexity index is 458. The maximum absolute atomic E-state index is 12.1. The summed E-state index contributed by atoms with van der Waals surface area (Å²) < 4.78 is 0.685. The summed E-state index contributed by atoms with van der Waals surface area (Å²) in [6.07, 6.45) is 2.54. The monoisotopic (exact) mass is 339 g/mol. The number of rotatable bonds is 5. The molecule has 5 heteroatoms. The molecule has 2 rings (SSSR count). The van der Waals surface area contributed by atoms with Gasteiger partial charge in [0.2, 0.25) is 0 Å². The topological polar surface area (TPSA) is 45.2 Å². The number of hydrogen-bond acceptors (Lipinski definition) is 3. The lowest BCUT2D eigenvalue weighted by Crippen LogP contribution is -2.45. The van der Waals surface area contributed by atoms with Crippen molar-refractivity contribution in [3.8, 4) is 0 Å². The second-order valence-electron chi connectivity index (χ2n) is 5.61. The molecule has 0 aliphatic carbocycles. The Morgan fingerprint density at radius 1 is 1.40 bits per heavy atom. The van der Waals surface area contributed by atoms with Gasteiger partial charge < -0.3 is 5.32 Å². The Kier molecular flexibility index (Phi) is 5.54. The van der Waals surface area contributed by atoms with Gasteiger partial charge in [-0.05, 0) is 59.9 Å². The van der Waals surface area contributed by atoms with Crippen LogP contribution in [0.1, 0.15) is 37.2 Å². The van der Waals surface area contributed by atoms with Crippen LogP contribution in [0.3, 0.4) is 0 Å². The first-order chi connectivity index (χ1) is 9.58. The Hall–Kier alpha value is -0.940. The fraction of sp³-hybridized carbons (Fsp3) is 0.600. The van der Waals surface area contributed by atoms with E-state index in [0.717, 1.165) is 13.1 Å². The van der Waals surface area contributed by atoms with Crippen LogP contribution < -0.4 is 5.32 Å². The van der Waals surface area contributed by atoms with E-state index in [1.807, 2.05) is 12.1 Å². The molecule has 110 valence electrons. The van der Waals surface area contributed by atoms with Crippen molar-refractivity contribution in [3.63, 3.8) is 0 Å². The number of carbonyl (C=O) groups is 1. The number of nitrogens with zero attached hydrogens (tertiary/aromatic N) is 2. The average Bonchev–Trinajstić information content (AvgIpc) is 2.92. The highest BCUT2D eigenvalue weighted by Gasteiger charge is 2.25. The summed E-state index contributed by atoms with van der Waals surface area (Å²) in [7, 11) is 0. The van der Waals surface area contributed by atoms with E-state index < -0.39 is 0 Å². The molecule has 1 amide bonds. The van der Waals surface area contributed by atoms with E-state index in [1.54, 1.807) is 6.07 Å². The van der Waals surface area contributed by atoms with E-state index in [1.165, 1.54) is 12.8 Å². The summed E-state index contributed by atoms with van der Waals surface area (Å²) in [5.74, 6) is 0.431. The molecule has 1 aliphatic rings. The highest BCUT2D eigenvalue weighted by molar-refractivity contribution is 9.10. The van der Waals surface area contributed by atoms with Crippen molar-refractivity contribution < 1.29 is 4.79 Å². The smallest absolute Gasteiger partial charge is 0.269 e. The molecule has 1 aromatic heterocycles. The molecule has 0 aromatic carbocycles. The van der Waals surface area contributed by atoms with Crippen molar-refractivity contribution in [3.05, 3.63) is 28.5 Å². The van der Waals surface area contributed by atoms with Crippen molar-refractivity contribution in [1.29, 1.82) is 0 Å². The zero-order valence-electron chi connectivity index (χ0n) is 12.1. The predicted molar refractivity (Wildman–Crippen MR) is 83.7 cm³/mol. The van der Waals surface area contributed by atoms with Gasteiger partial charge in [-0.25, -0.2) is 4.98 Å². The van der Waals surface area contributed by atoms with Gasteiger partial charge in [-0.3, -0.25) is 9.69 Å². The molecule has 0 bridgehead atoms. The molecular formula is C15H22BrN3O. The molecule has 1 unspecified atom stereocenters. The third-order valence-corrected chi connectivity index (χ3v) is 4.24. The lowest BCUT2D eigenvalue weighted by atomic mass is 10.0. The van der Waals surface area contributed by atoms with Crippen molar-refractivity contribution in [2.24, 2.45) is 5.92 Å². The quantitative estimate of drug-likeness (QED) is 0.839. The standard InChI is InChI=1S/C15H22BrN3O/c1-11(2)13(19-8-3-4-9-19)10-17-15(20)12-6-5-7-14(16)18-12/h5-7,11,13H,3-4,8-10H2,1-2H3,(H,17,20). The molecule has 1 saturated heterocycles. The number of pyridine rings is 1. The number of likely N-dealkylation sites (tertiary alicyclic amines) is 1. The fourth-order valence-corrected chi connectivity index (χ4v) is 3.03. The normalized spacial score (nSPS) is 17.4. The van der Waals surface area contributed by atoms with Crippen molar-refractivity contribution in [2.75, 3.05) is 19.6 Å². The van der Waals surface area contributed by atoms with Crippen molar-refractivity contribution in [1.82, 2.24) is 15.2 Å². The number of aromatic nitrogens is 1. The highest BCUT2D eigenvalue weighted by Crippen LogP contribution is 2.17. The lowest BCUT2D eigenvalue weighted by molar-refractivity contribution is 0.0922. The summed E-state index contributed by atoms with van der Waals surface area (Å²) in [4.78, 5) is 18.8. The van der Waals surface area contributed by atoms with Gasteiger partial charge in [0.25, 0.3) is 5.91 Å². The highest BCUT2D eigenvalue weighted by atomic mass is 79.9. The fourth-order valence-electron chi connectivity index (χ4n) is 2.68. The number of carbonyl (C=O) groups excluding carboxylic acids is 1. The molecule has 0 radical (unpaired) electrons. The Morgan fingerprint density at radius 2 is 2.10 bits per heavy atom. The van der Waals surface area contributed by atoms with E-state index in [0.29, 0.717) is 28.8 Å². The maximum atomic E-state index is 12.1. The first kappa shape index (κ1) is 15.4. The second kappa shape index (κ2) is 7.18. The van der Waals surface area contributed by atoms with Crippen LogP contribution >= 0.6 is 15.9 Å². The predicted octanol–water partition coefficient (Wildman–Crippen LogP) is 2.69. The van der Waals surface area contributed by atoms with Gasteiger partial charge in [-0.1, -0.05) is 19.9 Å². The van der Waals surface area contributed by atoms with Crippen LogP contribution in [0.25, 0.3) is 0 Å². The lowest BCUT2D eigenvalue weighted by Gasteiger charge is -2.30. The number of nitrogens with one attached hydrogen (secondary N) is 1. The second-order valence-corrected chi connectivity index (χ2v) is 6.42. The third kappa shape index (κ3) is 4.03. The molecule has 0 saturated carbocycles.